The summed E-state index contributed by atoms with van der Waals surface area (Å²) in [4.78, 5) is 10.1. The Bertz CT molecular complexity index is 2170. The molecule has 0 bridgehead atoms. The van der Waals surface area contributed by atoms with Gasteiger partial charge in [-0.05, 0) is 31.2 Å². The zero-order chi connectivity index (χ0) is 25.2. The van der Waals surface area contributed by atoms with E-state index in [1.54, 1.807) is 0 Å². The summed E-state index contributed by atoms with van der Waals surface area (Å²) in [5.41, 5.74) is 6.48. The molecule has 0 aliphatic carbocycles. The standard InChI is InChI=1S/C34H23N3S/c1-2-37-29-13-7-6-12-28(29)36-34(37)22-17-15-21(16-18-22)32-26-20-19-24-23-9-4-8-14-30(23)38-33(24)31(26)25-10-3-5-11-27(25)35-32/h3-20H,2H2,1H3. The van der Waals surface area contributed by atoms with Crippen LogP contribution in [0.25, 0.3) is 75.5 Å². The molecular weight excluding hydrogens is 482 g/mol. The van der Waals surface area contributed by atoms with Gasteiger partial charge in [0.2, 0.25) is 0 Å². The molecule has 0 N–H and O–H groups in total. The lowest BCUT2D eigenvalue weighted by Gasteiger charge is -2.12. The fourth-order valence-electron chi connectivity index (χ4n) is 5.83. The van der Waals surface area contributed by atoms with Crippen molar-refractivity contribution >= 4 is 64.2 Å². The normalized spacial score (nSPS) is 11.9. The fraction of sp³-hybridized carbons (Fsp3) is 0.0588. The highest BCUT2D eigenvalue weighted by atomic mass is 32.1. The lowest BCUT2D eigenvalue weighted by atomic mass is 9.97. The topological polar surface area (TPSA) is 30.7 Å². The van der Waals surface area contributed by atoms with Crippen LogP contribution in [-0.4, -0.2) is 14.5 Å². The van der Waals surface area contributed by atoms with Crippen molar-refractivity contribution < 1.29 is 0 Å². The molecule has 0 saturated heterocycles. The first kappa shape index (κ1) is 21.5. The Labute approximate surface area is 223 Å². The number of fused-ring (bicyclic) bond motifs is 8. The second-order valence-electron chi connectivity index (χ2n) is 9.69. The van der Waals surface area contributed by atoms with E-state index in [1.807, 2.05) is 17.4 Å². The molecule has 3 nitrogen and oxygen atoms in total. The highest BCUT2D eigenvalue weighted by Gasteiger charge is 2.17. The number of aryl methyl sites for hydroxylation is 1. The van der Waals surface area contributed by atoms with E-state index in [0.29, 0.717) is 0 Å². The summed E-state index contributed by atoms with van der Waals surface area (Å²) in [6, 6.07) is 38.9. The molecule has 5 aromatic carbocycles. The highest BCUT2D eigenvalue weighted by molar-refractivity contribution is 7.26. The number of pyridine rings is 1. The number of hydrogen-bond donors (Lipinski definition) is 0. The smallest absolute Gasteiger partial charge is 0.141 e. The summed E-state index contributed by atoms with van der Waals surface area (Å²) in [6.07, 6.45) is 0. The van der Waals surface area contributed by atoms with Crippen LogP contribution in [0.4, 0.5) is 0 Å². The van der Waals surface area contributed by atoms with Gasteiger partial charge in [0.05, 0.1) is 22.2 Å². The average molecular weight is 506 g/mol. The van der Waals surface area contributed by atoms with Gasteiger partial charge in [-0.2, -0.15) is 0 Å². The van der Waals surface area contributed by atoms with Crippen LogP contribution in [0.15, 0.2) is 109 Å². The minimum absolute atomic E-state index is 0.875. The van der Waals surface area contributed by atoms with Crippen LogP contribution in [0, 0.1) is 0 Å². The van der Waals surface area contributed by atoms with Gasteiger partial charge in [0.15, 0.2) is 0 Å². The number of nitrogens with zero attached hydrogens (tertiary/aromatic N) is 3. The Kier molecular flexibility index (Phi) is 4.67. The lowest BCUT2D eigenvalue weighted by molar-refractivity contribution is 0.796. The molecule has 0 fully saturated rings. The predicted octanol–water partition coefficient (Wildman–Crippen LogP) is 9.46. The average Bonchev–Trinajstić information content (AvgIpc) is 3.55. The van der Waals surface area contributed by atoms with Gasteiger partial charge >= 0.3 is 0 Å². The monoisotopic (exact) mass is 505 g/mol. The van der Waals surface area contributed by atoms with Crippen molar-refractivity contribution in [1.29, 1.82) is 0 Å². The Morgan fingerprint density at radius 3 is 2.13 bits per heavy atom. The molecule has 0 saturated carbocycles. The van der Waals surface area contributed by atoms with Gasteiger partial charge in [0, 0.05) is 54.0 Å². The van der Waals surface area contributed by atoms with E-state index < -0.39 is 0 Å². The summed E-state index contributed by atoms with van der Waals surface area (Å²) in [7, 11) is 0. The molecule has 38 heavy (non-hydrogen) atoms. The molecule has 3 aromatic heterocycles. The van der Waals surface area contributed by atoms with Crippen molar-refractivity contribution in [3.63, 3.8) is 0 Å². The quantitative estimate of drug-likeness (QED) is 0.224. The molecule has 3 heterocycles. The maximum absolute atomic E-state index is 5.19. The van der Waals surface area contributed by atoms with E-state index in [4.69, 9.17) is 9.97 Å². The Morgan fingerprint density at radius 2 is 1.29 bits per heavy atom. The van der Waals surface area contributed by atoms with Crippen molar-refractivity contribution in [2.45, 2.75) is 13.5 Å². The van der Waals surface area contributed by atoms with Gasteiger partial charge in [-0.1, -0.05) is 84.9 Å². The van der Waals surface area contributed by atoms with E-state index in [9.17, 15) is 0 Å². The Hall–Kier alpha value is -4.54. The van der Waals surface area contributed by atoms with Crippen LogP contribution in [0.2, 0.25) is 0 Å². The number of thiophene rings is 1. The molecule has 8 rings (SSSR count). The summed E-state index contributed by atoms with van der Waals surface area (Å²) in [5.74, 6) is 1.00. The van der Waals surface area contributed by atoms with Gasteiger partial charge in [-0.15, -0.1) is 11.3 Å². The van der Waals surface area contributed by atoms with Gasteiger partial charge in [-0.25, -0.2) is 9.97 Å². The molecule has 8 aromatic rings. The van der Waals surface area contributed by atoms with E-state index in [0.717, 1.165) is 40.2 Å². The number of hydrogen-bond acceptors (Lipinski definition) is 3. The first-order valence-electron chi connectivity index (χ1n) is 13.0. The van der Waals surface area contributed by atoms with Crippen LogP contribution >= 0.6 is 11.3 Å². The Balaban J connectivity index is 1.36. The molecule has 0 spiro atoms. The molecule has 0 unspecified atom stereocenters. The van der Waals surface area contributed by atoms with Crippen molar-refractivity contribution in [3.8, 4) is 22.6 Å². The SMILES string of the molecule is CCn1c(-c2ccc(-c3nc4ccccc4c4c3ccc3c5ccccc5sc34)cc2)nc2ccccc21. The van der Waals surface area contributed by atoms with Gasteiger partial charge < -0.3 is 4.57 Å². The van der Waals surface area contributed by atoms with Crippen molar-refractivity contribution in [3.05, 3.63) is 109 Å². The second-order valence-corrected chi connectivity index (χ2v) is 10.7. The third kappa shape index (κ3) is 3.07. The van der Waals surface area contributed by atoms with Crippen LogP contribution in [0.1, 0.15) is 6.92 Å². The molecule has 0 atom stereocenters. The van der Waals surface area contributed by atoms with Gasteiger partial charge in [0.25, 0.3) is 0 Å². The lowest BCUT2D eigenvalue weighted by Crippen LogP contribution is -1.97. The van der Waals surface area contributed by atoms with E-state index in [1.165, 1.54) is 41.8 Å². The maximum atomic E-state index is 5.19. The largest absolute Gasteiger partial charge is 0.324 e. The highest BCUT2D eigenvalue weighted by Crippen LogP contribution is 2.43. The summed E-state index contributed by atoms with van der Waals surface area (Å²) >= 11 is 1.88. The molecule has 0 aliphatic rings. The molecule has 0 amide bonds. The van der Waals surface area contributed by atoms with E-state index in [-0.39, 0.29) is 0 Å². The predicted molar refractivity (Wildman–Crippen MR) is 162 cm³/mol. The summed E-state index contributed by atoms with van der Waals surface area (Å²) < 4.78 is 4.93. The van der Waals surface area contributed by atoms with Gasteiger partial charge in [0.1, 0.15) is 5.82 Å². The number of rotatable bonds is 3. The second kappa shape index (κ2) is 8.23. The molecule has 0 aliphatic heterocycles. The summed E-state index contributed by atoms with van der Waals surface area (Å²) in [5, 5.41) is 6.32. The summed E-state index contributed by atoms with van der Waals surface area (Å²) in [6.45, 7) is 3.05. The number of imidazole rings is 1. The molecule has 0 radical (unpaired) electrons. The Morgan fingerprint density at radius 1 is 0.605 bits per heavy atom. The van der Waals surface area contributed by atoms with Crippen LogP contribution < -0.4 is 0 Å². The molecular formula is C34H23N3S. The number of benzene rings is 5. The third-order valence-electron chi connectivity index (χ3n) is 7.60. The minimum Gasteiger partial charge on any atom is -0.324 e. The first-order chi connectivity index (χ1) is 18.8. The first-order valence-corrected chi connectivity index (χ1v) is 13.8. The fourth-order valence-corrected chi connectivity index (χ4v) is 7.09. The molecule has 180 valence electrons. The zero-order valence-electron chi connectivity index (χ0n) is 20.8. The van der Waals surface area contributed by atoms with E-state index >= 15 is 0 Å². The van der Waals surface area contributed by atoms with Crippen LogP contribution in [0.5, 0.6) is 0 Å². The van der Waals surface area contributed by atoms with Crippen molar-refractivity contribution in [2.24, 2.45) is 0 Å². The minimum atomic E-state index is 0.875. The van der Waals surface area contributed by atoms with Gasteiger partial charge in [-0.3, -0.25) is 0 Å². The van der Waals surface area contributed by atoms with Crippen molar-refractivity contribution in [2.75, 3.05) is 0 Å². The third-order valence-corrected chi connectivity index (χ3v) is 8.80. The van der Waals surface area contributed by atoms with Crippen LogP contribution in [-0.2, 0) is 6.54 Å². The van der Waals surface area contributed by atoms with Crippen molar-refractivity contribution in [1.82, 2.24) is 14.5 Å². The van der Waals surface area contributed by atoms with E-state index in [2.05, 4.69) is 115 Å². The van der Waals surface area contributed by atoms with Crippen LogP contribution in [0.3, 0.4) is 0 Å². The number of aromatic nitrogens is 3. The maximum Gasteiger partial charge on any atom is 0.141 e. The number of para-hydroxylation sites is 3. The molecule has 4 heteroatoms. The zero-order valence-corrected chi connectivity index (χ0v) is 21.7.